The third-order valence-corrected chi connectivity index (χ3v) is 0.993. The second-order valence-electron chi connectivity index (χ2n) is 1.68. The molecule has 0 saturated carbocycles. The Labute approximate surface area is 55.4 Å². The van der Waals surface area contributed by atoms with Gasteiger partial charge in [0.2, 0.25) is 0 Å². The van der Waals surface area contributed by atoms with Gasteiger partial charge in [0.15, 0.2) is 0 Å². The quantitative estimate of drug-likeness (QED) is 0.521. The van der Waals surface area contributed by atoms with Crippen molar-refractivity contribution in [2.75, 3.05) is 6.54 Å². The number of allylic oxidation sites excluding steroid dienone is 1. The Morgan fingerprint density at radius 3 is 2.56 bits per heavy atom. The number of hydrogen-bond donors (Lipinski definition) is 2. The van der Waals surface area contributed by atoms with Crippen LogP contribution in [0.3, 0.4) is 0 Å². The van der Waals surface area contributed by atoms with Gasteiger partial charge in [-0.3, -0.25) is 4.99 Å². The molecule has 0 aromatic rings. The second-order valence-corrected chi connectivity index (χ2v) is 1.68. The molecule has 0 radical (unpaired) electrons. The van der Waals surface area contributed by atoms with Gasteiger partial charge in [0.05, 0.1) is 11.4 Å². The van der Waals surface area contributed by atoms with Crippen molar-refractivity contribution in [2.45, 2.75) is 13.8 Å². The number of rotatable bonds is 2. The maximum atomic E-state index is 5.41. The molecule has 0 fully saturated rings. The van der Waals surface area contributed by atoms with Crippen LogP contribution in [0.25, 0.3) is 0 Å². The minimum absolute atomic E-state index is 0.553. The van der Waals surface area contributed by atoms with Gasteiger partial charge in [-0.05, 0) is 13.8 Å². The van der Waals surface area contributed by atoms with Crippen LogP contribution in [0.15, 0.2) is 16.9 Å². The predicted octanol–water partition coefficient (Wildman–Crippen LogP) is 0.226. The average molecular weight is 127 g/mol. The van der Waals surface area contributed by atoms with Gasteiger partial charge in [0.1, 0.15) is 0 Å². The van der Waals surface area contributed by atoms with Gasteiger partial charge in [-0.25, -0.2) is 0 Å². The van der Waals surface area contributed by atoms with Crippen molar-refractivity contribution in [1.82, 2.24) is 0 Å². The summed E-state index contributed by atoms with van der Waals surface area (Å²) in [5, 5.41) is 0. The van der Waals surface area contributed by atoms with Crippen LogP contribution in [-0.4, -0.2) is 12.3 Å². The average Bonchev–Trinajstić information content (AvgIpc) is 1.87. The van der Waals surface area contributed by atoms with Crippen molar-refractivity contribution in [3.05, 3.63) is 11.9 Å². The van der Waals surface area contributed by atoms with Crippen molar-refractivity contribution >= 4 is 5.71 Å². The third kappa shape index (κ3) is 2.74. The molecule has 0 aliphatic rings. The Kier molecular flexibility index (Phi) is 3.51. The second kappa shape index (κ2) is 3.95. The fourth-order valence-electron chi connectivity index (χ4n) is 0.449. The molecule has 0 aliphatic heterocycles. The number of nitrogens with zero attached hydrogens (tertiary/aromatic N) is 1. The molecule has 0 bridgehead atoms. The van der Waals surface area contributed by atoms with E-state index in [1.807, 2.05) is 13.8 Å². The van der Waals surface area contributed by atoms with Crippen LogP contribution in [0.5, 0.6) is 0 Å². The van der Waals surface area contributed by atoms with E-state index in [1.54, 1.807) is 0 Å². The zero-order valence-electron chi connectivity index (χ0n) is 5.89. The Balaban J connectivity index is 4.03. The Bertz CT molecular complexity index is 135. The monoisotopic (exact) mass is 127 g/mol. The lowest BCUT2D eigenvalue weighted by Gasteiger charge is -1.96. The van der Waals surface area contributed by atoms with Crippen LogP contribution < -0.4 is 11.5 Å². The maximum absolute atomic E-state index is 5.41. The molecule has 0 rings (SSSR count). The van der Waals surface area contributed by atoms with Crippen molar-refractivity contribution in [1.29, 1.82) is 0 Å². The van der Waals surface area contributed by atoms with Crippen LogP contribution in [0.2, 0.25) is 0 Å². The predicted molar refractivity (Wildman–Crippen MR) is 40.1 cm³/mol. The van der Waals surface area contributed by atoms with Gasteiger partial charge in [-0.1, -0.05) is 0 Å². The highest BCUT2D eigenvalue weighted by molar-refractivity contribution is 5.97. The summed E-state index contributed by atoms with van der Waals surface area (Å²) in [6.45, 7) is 4.54. The van der Waals surface area contributed by atoms with Gasteiger partial charge < -0.3 is 11.5 Å². The van der Waals surface area contributed by atoms with Crippen molar-refractivity contribution in [3.63, 3.8) is 0 Å². The Morgan fingerprint density at radius 2 is 2.22 bits per heavy atom. The summed E-state index contributed by atoms with van der Waals surface area (Å²) >= 11 is 0. The molecule has 0 aliphatic carbocycles. The largest absolute Gasteiger partial charge is 0.403 e. The standard InChI is InChI=1S/C6H13N3/c1-3-9-5(2)6(8)4-7/h4H,3,7-8H2,1-2H3/b6-4+,9-5?. The van der Waals surface area contributed by atoms with E-state index in [-0.39, 0.29) is 0 Å². The molecular formula is C6H13N3. The molecule has 0 spiro atoms. The molecule has 0 saturated heterocycles. The van der Waals surface area contributed by atoms with E-state index in [1.165, 1.54) is 6.20 Å². The van der Waals surface area contributed by atoms with E-state index in [0.29, 0.717) is 5.70 Å². The zero-order chi connectivity index (χ0) is 7.28. The van der Waals surface area contributed by atoms with Crippen LogP contribution >= 0.6 is 0 Å². The summed E-state index contributed by atoms with van der Waals surface area (Å²) in [5.41, 5.74) is 11.9. The minimum Gasteiger partial charge on any atom is -0.403 e. The van der Waals surface area contributed by atoms with Gasteiger partial charge in [-0.15, -0.1) is 0 Å². The zero-order valence-corrected chi connectivity index (χ0v) is 5.89. The van der Waals surface area contributed by atoms with Crippen LogP contribution in [0, 0.1) is 0 Å². The first kappa shape index (κ1) is 8.01. The molecule has 9 heavy (non-hydrogen) atoms. The SMILES string of the molecule is CCN=C(C)/C(N)=C\N. The van der Waals surface area contributed by atoms with E-state index in [9.17, 15) is 0 Å². The van der Waals surface area contributed by atoms with Gasteiger partial charge in [0.25, 0.3) is 0 Å². The molecule has 0 aromatic heterocycles. The topological polar surface area (TPSA) is 64.4 Å². The highest BCUT2D eigenvalue weighted by Gasteiger charge is 1.90. The normalized spacial score (nSPS) is 14.0. The van der Waals surface area contributed by atoms with E-state index in [4.69, 9.17) is 11.5 Å². The summed E-state index contributed by atoms with van der Waals surface area (Å²) in [6, 6.07) is 0. The van der Waals surface area contributed by atoms with Crippen LogP contribution in [-0.2, 0) is 0 Å². The first-order valence-corrected chi connectivity index (χ1v) is 2.91. The summed E-state index contributed by atoms with van der Waals surface area (Å²) in [5.74, 6) is 0. The molecule has 52 valence electrons. The van der Waals surface area contributed by atoms with E-state index >= 15 is 0 Å². The van der Waals surface area contributed by atoms with Crippen molar-refractivity contribution in [3.8, 4) is 0 Å². The highest BCUT2D eigenvalue weighted by Crippen LogP contribution is 1.85. The van der Waals surface area contributed by atoms with Crippen molar-refractivity contribution < 1.29 is 0 Å². The van der Waals surface area contributed by atoms with E-state index in [2.05, 4.69) is 4.99 Å². The maximum Gasteiger partial charge on any atom is 0.0682 e. The first-order chi connectivity index (χ1) is 4.22. The van der Waals surface area contributed by atoms with Gasteiger partial charge in [-0.2, -0.15) is 0 Å². The summed E-state index contributed by atoms with van der Waals surface area (Å²) in [7, 11) is 0. The molecular weight excluding hydrogens is 114 g/mol. The molecule has 3 heteroatoms. The summed E-state index contributed by atoms with van der Waals surface area (Å²) < 4.78 is 0. The number of hydrogen-bond acceptors (Lipinski definition) is 3. The lowest BCUT2D eigenvalue weighted by Crippen LogP contribution is -2.10. The Morgan fingerprint density at radius 1 is 1.67 bits per heavy atom. The summed E-state index contributed by atoms with van der Waals surface area (Å²) in [4.78, 5) is 4.04. The van der Waals surface area contributed by atoms with Crippen LogP contribution in [0.4, 0.5) is 0 Å². The number of aliphatic imine (C=N–C) groups is 1. The van der Waals surface area contributed by atoms with E-state index in [0.717, 1.165) is 12.3 Å². The van der Waals surface area contributed by atoms with Gasteiger partial charge >= 0.3 is 0 Å². The smallest absolute Gasteiger partial charge is 0.0682 e. The van der Waals surface area contributed by atoms with E-state index < -0.39 is 0 Å². The number of nitrogens with two attached hydrogens (primary N) is 2. The molecule has 4 N–H and O–H groups in total. The third-order valence-electron chi connectivity index (χ3n) is 0.993. The van der Waals surface area contributed by atoms with Gasteiger partial charge in [0, 0.05) is 12.7 Å². The minimum atomic E-state index is 0.553. The Hall–Kier alpha value is -0.990. The molecule has 0 atom stereocenters. The molecule has 0 aromatic carbocycles. The molecule has 0 unspecified atom stereocenters. The summed E-state index contributed by atoms with van der Waals surface area (Å²) in [6.07, 6.45) is 1.36. The lowest BCUT2D eigenvalue weighted by atomic mass is 10.3. The fourth-order valence-corrected chi connectivity index (χ4v) is 0.449. The molecule has 0 amide bonds. The first-order valence-electron chi connectivity index (χ1n) is 2.91. The molecule has 3 nitrogen and oxygen atoms in total. The molecule has 0 heterocycles. The lowest BCUT2D eigenvalue weighted by molar-refractivity contribution is 1.12. The highest BCUT2D eigenvalue weighted by atomic mass is 14.8. The van der Waals surface area contributed by atoms with Crippen LogP contribution in [0.1, 0.15) is 13.8 Å². The fraction of sp³-hybridized carbons (Fsp3) is 0.500. The van der Waals surface area contributed by atoms with Crippen molar-refractivity contribution in [2.24, 2.45) is 16.5 Å².